The van der Waals surface area contributed by atoms with Gasteiger partial charge in [-0.3, -0.25) is 9.59 Å². The molecule has 160 valence electrons. The monoisotopic (exact) mass is 438 g/mol. The SMILES string of the molecule is COc1ccc(N2CC(c3nc(-c4ccc(CNC(=O)C5CC5)s4)no3)CC2=O)cc1. The van der Waals surface area contributed by atoms with Crippen molar-refractivity contribution in [1.29, 1.82) is 0 Å². The van der Waals surface area contributed by atoms with Gasteiger partial charge < -0.3 is 19.5 Å². The molecule has 2 aliphatic rings. The average molecular weight is 439 g/mol. The summed E-state index contributed by atoms with van der Waals surface area (Å²) in [5, 5.41) is 7.08. The molecule has 1 saturated carbocycles. The molecule has 2 fully saturated rings. The van der Waals surface area contributed by atoms with Crippen LogP contribution in [0.1, 0.15) is 35.9 Å². The van der Waals surface area contributed by atoms with Gasteiger partial charge in [0.25, 0.3) is 0 Å². The summed E-state index contributed by atoms with van der Waals surface area (Å²) < 4.78 is 10.7. The highest BCUT2D eigenvalue weighted by atomic mass is 32.1. The molecule has 1 N–H and O–H groups in total. The number of carbonyl (C=O) groups excluding carboxylic acids is 2. The number of carbonyl (C=O) groups is 2. The van der Waals surface area contributed by atoms with E-state index in [2.05, 4.69) is 15.5 Å². The molecule has 3 aromatic rings. The topological polar surface area (TPSA) is 97.6 Å². The molecule has 2 amide bonds. The molecule has 1 unspecified atom stereocenters. The van der Waals surface area contributed by atoms with Crippen LogP contribution in [0.4, 0.5) is 5.69 Å². The fourth-order valence-corrected chi connectivity index (χ4v) is 4.52. The zero-order valence-electron chi connectivity index (χ0n) is 17.0. The molecule has 1 aliphatic carbocycles. The summed E-state index contributed by atoms with van der Waals surface area (Å²) in [5.74, 6) is 1.94. The number of amides is 2. The highest BCUT2D eigenvalue weighted by Crippen LogP contribution is 2.34. The van der Waals surface area contributed by atoms with Crippen LogP contribution in [-0.4, -0.2) is 35.6 Å². The minimum Gasteiger partial charge on any atom is -0.497 e. The fourth-order valence-electron chi connectivity index (χ4n) is 3.64. The van der Waals surface area contributed by atoms with Crippen LogP contribution in [-0.2, 0) is 16.1 Å². The molecule has 1 aliphatic heterocycles. The van der Waals surface area contributed by atoms with Crippen molar-refractivity contribution in [3.63, 3.8) is 0 Å². The summed E-state index contributed by atoms with van der Waals surface area (Å²) in [6.45, 7) is 1.01. The molecule has 0 spiro atoms. The Balaban J connectivity index is 1.24. The van der Waals surface area contributed by atoms with E-state index in [1.165, 1.54) is 11.3 Å². The number of nitrogens with one attached hydrogen (secondary N) is 1. The molecule has 9 heteroatoms. The number of hydrogen-bond donors (Lipinski definition) is 1. The second-order valence-corrected chi connectivity index (χ2v) is 8.99. The van der Waals surface area contributed by atoms with Crippen LogP contribution in [0.5, 0.6) is 5.75 Å². The van der Waals surface area contributed by atoms with Crippen LogP contribution in [0, 0.1) is 5.92 Å². The van der Waals surface area contributed by atoms with Gasteiger partial charge in [0, 0.05) is 29.4 Å². The van der Waals surface area contributed by atoms with E-state index in [1.807, 2.05) is 36.4 Å². The predicted molar refractivity (Wildman–Crippen MR) is 115 cm³/mol. The Bertz CT molecular complexity index is 1100. The quantitative estimate of drug-likeness (QED) is 0.608. The van der Waals surface area contributed by atoms with Crippen molar-refractivity contribution in [2.24, 2.45) is 5.92 Å². The van der Waals surface area contributed by atoms with Gasteiger partial charge in [0.15, 0.2) is 0 Å². The third-order valence-electron chi connectivity index (χ3n) is 5.57. The van der Waals surface area contributed by atoms with E-state index >= 15 is 0 Å². The number of rotatable bonds is 7. The first-order chi connectivity index (χ1) is 15.1. The lowest BCUT2D eigenvalue weighted by Crippen LogP contribution is -2.24. The first-order valence-electron chi connectivity index (χ1n) is 10.3. The maximum atomic E-state index is 12.5. The van der Waals surface area contributed by atoms with Crippen LogP contribution in [0.2, 0.25) is 0 Å². The zero-order valence-corrected chi connectivity index (χ0v) is 17.9. The number of benzene rings is 1. The summed E-state index contributed by atoms with van der Waals surface area (Å²) in [6, 6.07) is 11.3. The van der Waals surface area contributed by atoms with Crippen molar-refractivity contribution in [2.45, 2.75) is 31.7 Å². The maximum Gasteiger partial charge on any atom is 0.232 e. The summed E-state index contributed by atoms with van der Waals surface area (Å²) in [5.41, 5.74) is 0.823. The van der Waals surface area contributed by atoms with Gasteiger partial charge in [-0.2, -0.15) is 4.98 Å². The smallest absolute Gasteiger partial charge is 0.232 e. The second-order valence-electron chi connectivity index (χ2n) is 7.82. The van der Waals surface area contributed by atoms with Crippen LogP contribution >= 0.6 is 11.3 Å². The normalized spacial score (nSPS) is 18.4. The van der Waals surface area contributed by atoms with Crippen molar-refractivity contribution >= 4 is 28.8 Å². The van der Waals surface area contributed by atoms with Gasteiger partial charge in [0.2, 0.25) is 23.5 Å². The van der Waals surface area contributed by atoms with Crippen LogP contribution in [0.25, 0.3) is 10.7 Å². The number of nitrogens with zero attached hydrogens (tertiary/aromatic N) is 3. The molecule has 1 aromatic carbocycles. The molecule has 31 heavy (non-hydrogen) atoms. The van der Waals surface area contributed by atoms with Gasteiger partial charge >= 0.3 is 0 Å². The van der Waals surface area contributed by atoms with Gasteiger partial charge in [-0.15, -0.1) is 11.3 Å². The number of hydrogen-bond acceptors (Lipinski definition) is 7. The van der Waals surface area contributed by atoms with Gasteiger partial charge in [0.1, 0.15) is 5.75 Å². The lowest BCUT2D eigenvalue weighted by Gasteiger charge is -2.16. The van der Waals surface area contributed by atoms with Crippen molar-refractivity contribution < 1.29 is 18.8 Å². The van der Waals surface area contributed by atoms with Crippen molar-refractivity contribution in [3.05, 3.63) is 47.2 Å². The van der Waals surface area contributed by atoms with Gasteiger partial charge in [-0.1, -0.05) is 5.16 Å². The van der Waals surface area contributed by atoms with E-state index in [0.29, 0.717) is 31.2 Å². The summed E-state index contributed by atoms with van der Waals surface area (Å²) >= 11 is 1.53. The van der Waals surface area contributed by atoms with Gasteiger partial charge in [-0.05, 0) is 49.2 Å². The van der Waals surface area contributed by atoms with Crippen molar-refractivity contribution in [3.8, 4) is 16.5 Å². The molecular formula is C22H22N4O4S. The highest BCUT2D eigenvalue weighted by molar-refractivity contribution is 7.15. The lowest BCUT2D eigenvalue weighted by molar-refractivity contribution is -0.122. The Morgan fingerprint density at radius 2 is 2.06 bits per heavy atom. The average Bonchev–Trinajstić information content (AvgIpc) is 3.17. The molecule has 2 aromatic heterocycles. The van der Waals surface area contributed by atoms with Gasteiger partial charge in [0.05, 0.1) is 24.4 Å². The minimum absolute atomic E-state index is 0.0275. The molecule has 8 nitrogen and oxygen atoms in total. The van der Waals surface area contributed by atoms with E-state index < -0.39 is 0 Å². The predicted octanol–water partition coefficient (Wildman–Crippen LogP) is 3.35. The molecule has 0 radical (unpaired) electrons. The largest absolute Gasteiger partial charge is 0.497 e. The molecule has 3 heterocycles. The Morgan fingerprint density at radius 1 is 1.26 bits per heavy atom. The molecular weight excluding hydrogens is 416 g/mol. The summed E-state index contributed by atoms with van der Waals surface area (Å²) in [7, 11) is 1.61. The highest BCUT2D eigenvalue weighted by Gasteiger charge is 2.35. The van der Waals surface area contributed by atoms with Crippen molar-refractivity contribution in [1.82, 2.24) is 15.5 Å². The Labute approximate surface area is 183 Å². The van der Waals surface area contributed by atoms with E-state index in [9.17, 15) is 9.59 Å². The number of ether oxygens (including phenoxy) is 1. The Hall–Kier alpha value is -3.20. The van der Waals surface area contributed by atoms with Gasteiger partial charge in [-0.25, -0.2) is 0 Å². The maximum absolute atomic E-state index is 12.5. The fraction of sp³-hybridized carbons (Fsp3) is 0.364. The number of methoxy groups -OCH3 is 1. The first-order valence-corrected chi connectivity index (χ1v) is 11.1. The molecule has 1 atom stereocenters. The Morgan fingerprint density at radius 3 is 2.81 bits per heavy atom. The molecule has 0 bridgehead atoms. The zero-order chi connectivity index (χ0) is 21.4. The second kappa shape index (κ2) is 8.14. The Kier molecular flexibility index (Phi) is 5.19. The molecule has 5 rings (SSSR count). The van der Waals surface area contributed by atoms with Crippen LogP contribution in [0.3, 0.4) is 0 Å². The molecule has 1 saturated heterocycles. The first kappa shape index (κ1) is 19.7. The van der Waals surface area contributed by atoms with E-state index in [0.717, 1.165) is 34.0 Å². The lowest BCUT2D eigenvalue weighted by atomic mass is 10.1. The van der Waals surface area contributed by atoms with E-state index in [1.54, 1.807) is 12.0 Å². The van der Waals surface area contributed by atoms with Crippen molar-refractivity contribution in [2.75, 3.05) is 18.6 Å². The minimum atomic E-state index is -0.145. The summed E-state index contributed by atoms with van der Waals surface area (Å²) in [6.07, 6.45) is 2.32. The number of thiophene rings is 1. The van der Waals surface area contributed by atoms with E-state index in [-0.39, 0.29) is 23.7 Å². The van der Waals surface area contributed by atoms with E-state index in [4.69, 9.17) is 9.26 Å². The third kappa shape index (κ3) is 4.18. The standard InChI is InChI=1S/C22H22N4O4S/c1-29-16-6-4-15(5-7-16)26-12-14(10-19(26)27)22-24-20(25-30-22)18-9-8-17(31-18)11-23-21(28)13-2-3-13/h4-9,13-14H,2-3,10-12H2,1H3,(H,23,28). The van der Waals surface area contributed by atoms with Crippen LogP contribution in [0.15, 0.2) is 40.9 Å². The number of anilines is 1. The third-order valence-corrected chi connectivity index (χ3v) is 6.65. The summed E-state index contributed by atoms with van der Waals surface area (Å²) in [4.78, 5) is 32.6. The number of aromatic nitrogens is 2. The van der Waals surface area contributed by atoms with Crippen LogP contribution < -0.4 is 15.0 Å².